The van der Waals surface area contributed by atoms with Gasteiger partial charge in [-0.2, -0.15) is 0 Å². The van der Waals surface area contributed by atoms with Crippen molar-refractivity contribution in [2.24, 2.45) is 0 Å². The van der Waals surface area contributed by atoms with E-state index in [1.807, 2.05) is 47.8 Å². The summed E-state index contributed by atoms with van der Waals surface area (Å²) in [5.74, 6) is 1.58. The van der Waals surface area contributed by atoms with E-state index in [0.717, 1.165) is 16.0 Å². The first-order chi connectivity index (χ1) is 12.3. The quantitative estimate of drug-likeness (QED) is 0.579. The summed E-state index contributed by atoms with van der Waals surface area (Å²) < 4.78 is 5.77. The predicted octanol–water partition coefficient (Wildman–Crippen LogP) is 4.74. The fourth-order valence-electron chi connectivity index (χ4n) is 2.39. The van der Waals surface area contributed by atoms with Crippen molar-refractivity contribution in [3.05, 3.63) is 77.9 Å². The topological polar surface area (TPSA) is 64.1 Å². The van der Waals surface area contributed by atoms with Gasteiger partial charge in [-0.05, 0) is 41.8 Å². The number of anilines is 1. The molecule has 0 aliphatic rings. The van der Waals surface area contributed by atoms with Gasteiger partial charge in [0.15, 0.2) is 0 Å². The standard InChI is InChI=1S/C19H13N3O2S/c23-18(22-17-16-9-10-25-19(16)21-12-20-17)13-5-4-8-15(11-13)24-14-6-2-1-3-7-14/h1-12H,(H,20,21,22,23). The summed E-state index contributed by atoms with van der Waals surface area (Å²) in [7, 11) is 0. The van der Waals surface area contributed by atoms with Gasteiger partial charge in [0.25, 0.3) is 5.91 Å². The van der Waals surface area contributed by atoms with E-state index in [0.29, 0.717) is 17.1 Å². The van der Waals surface area contributed by atoms with Crippen LogP contribution >= 0.6 is 11.3 Å². The van der Waals surface area contributed by atoms with Crippen LogP contribution in [0.25, 0.3) is 10.2 Å². The number of aromatic nitrogens is 2. The molecule has 6 heteroatoms. The van der Waals surface area contributed by atoms with Gasteiger partial charge in [-0.25, -0.2) is 9.97 Å². The lowest BCUT2D eigenvalue weighted by atomic mass is 10.2. The SMILES string of the molecule is O=C(Nc1ncnc2sccc12)c1cccc(Oc2ccccc2)c1. The van der Waals surface area contributed by atoms with Gasteiger partial charge in [0.1, 0.15) is 28.5 Å². The number of hydrogen-bond acceptors (Lipinski definition) is 5. The first kappa shape index (κ1) is 15.3. The van der Waals surface area contributed by atoms with Crippen LogP contribution in [0.15, 0.2) is 72.4 Å². The van der Waals surface area contributed by atoms with Crippen molar-refractivity contribution in [2.75, 3.05) is 5.32 Å². The Bertz CT molecular complexity index is 1030. The van der Waals surface area contributed by atoms with Gasteiger partial charge in [-0.3, -0.25) is 4.79 Å². The van der Waals surface area contributed by atoms with Crippen LogP contribution in [0.2, 0.25) is 0 Å². The number of nitrogens with one attached hydrogen (secondary N) is 1. The molecule has 4 rings (SSSR count). The molecule has 0 atom stereocenters. The van der Waals surface area contributed by atoms with Crippen LogP contribution < -0.4 is 10.1 Å². The zero-order valence-electron chi connectivity index (χ0n) is 13.0. The Morgan fingerprint density at radius 2 is 1.80 bits per heavy atom. The average Bonchev–Trinajstić information content (AvgIpc) is 3.13. The van der Waals surface area contributed by atoms with E-state index in [9.17, 15) is 4.79 Å². The van der Waals surface area contributed by atoms with Crippen molar-refractivity contribution in [3.8, 4) is 11.5 Å². The molecule has 0 radical (unpaired) electrons. The zero-order chi connectivity index (χ0) is 17.1. The minimum Gasteiger partial charge on any atom is -0.457 e. The van der Waals surface area contributed by atoms with Crippen molar-refractivity contribution in [2.45, 2.75) is 0 Å². The highest BCUT2D eigenvalue weighted by molar-refractivity contribution is 7.16. The van der Waals surface area contributed by atoms with Crippen LogP contribution in [0.3, 0.4) is 0 Å². The molecular weight excluding hydrogens is 334 g/mol. The number of para-hydroxylation sites is 1. The fraction of sp³-hybridized carbons (Fsp3) is 0. The number of rotatable bonds is 4. The van der Waals surface area contributed by atoms with E-state index in [2.05, 4.69) is 15.3 Å². The van der Waals surface area contributed by atoms with Gasteiger partial charge >= 0.3 is 0 Å². The van der Waals surface area contributed by atoms with E-state index >= 15 is 0 Å². The smallest absolute Gasteiger partial charge is 0.256 e. The molecule has 0 aliphatic carbocycles. The lowest BCUT2D eigenvalue weighted by Crippen LogP contribution is -2.13. The molecule has 122 valence electrons. The number of ether oxygens (including phenoxy) is 1. The highest BCUT2D eigenvalue weighted by Gasteiger charge is 2.11. The summed E-state index contributed by atoms with van der Waals surface area (Å²) in [5, 5.41) is 5.59. The monoisotopic (exact) mass is 347 g/mol. The molecule has 5 nitrogen and oxygen atoms in total. The van der Waals surface area contributed by atoms with Gasteiger partial charge in [-0.1, -0.05) is 24.3 Å². The lowest BCUT2D eigenvalue weighted by molar-refractivity contribution is 0.102. The number of carbonyl (C=O) groups is 1. The molecule has 0 saturated heterocycles. The number of fused-ring (bicyclic) bond motifs is 1. The van der Waals surface area contributed by atoms with Crippen molar-refractivity contribution in [3.63, 3.8) is 0 Å². The molecule has 0 saturated carbocycles. The van der Waals surface area contributed by atoms with Crippen LogP contribution in [0, 0.1) is 0 Å². The summed E-state index contributed by atoms with van der Waals surface area (Å²) in [6.45, 7) is 0. The molecule has 0 bridgehead atoms. The molecule has 0 spiro atoms. The Morgan fingerprint density at radius 1 is 0.960 bits per heavy atom. The Morgan fingerprint density at radius 3 is 2.68 bits per heavy atom. The van der Waals surface area contributed by atoms with Gasteiger partial charge in [-0.15, -0.1) is 11.3 Å². The largest absolute Gasteiger partial charge is 0.457 e. The number of carbonyl (C=O) groups excluding carboxylic acids is 1. The van der Waals surface area contributed by atoms with Crippen LogP contribution in [0.5, 0.6) is 11.5 Å². The van der Waals surface area contributed by atoms with Crippen LogP contribution in [0.4, 0.5) is 5.82 Å². The van der Waals surface area contributed by atoms with E-state index in [1.165, 1.54) is 17.7 Å². The number of amides is 1. The summed E-state index contributed by atoms with van der Waals surface area (Å²) in [5.41, 5.74) is 0.496. The summed E-state index contributed by atoms with van der Waals surface area (Å²) in [6.07, 6.45) is 1.45. The minimum atomic E-state index is -0.246. The van der Waals surface area contributed by atoms with Crippen molar-refractivity contribution < 1.29 is 9.53 Å². The van der Waals surface area contributed by atoms with E-state index in [4.69, 9.17) is 4.74 Å². The Kier molecular flexibility index (Phi) is 4.10. The molecular formula is C19H13N3O2S. The number of thiophene rings is 1. The first-order valence-corrected chi connectivity index (χ1v) is 8.50. The zero-order valence-corrected chi connectivity index (χ0v) is 13.9. The third-order valence-corrected chi connectivity index (χ3v) is 4.39. The molecule has 1 N–H and O–H groups in total. The highest BCUT2D eigenvalue weighted by Crippen LogP contribution is 2.25. The first-order valence-electron chi connectivity index (χ1n) is 7.62. The number of nitrogens with zero attached hydrogens (tertiary/aromatic N) is 2. The van der Waals surface area contributed by atoms with Crippen LogP contribution in [-0.2, 0) is 0 Å². The summed E-state index contributed by atoms with van der Waals surface area (Å²) in [4.78, 5) is 21.7. The number of hydrogen-bond donors (Lipinski definition) is 1. The maximum Gasteiger partial charge on any atom is 0.256 e. The van der Waals surface area contributed by atoms with Crippen LogP contribution in [-0.4, -0.2) is 15.9 Å². The normalized spacial score (nSPS) is 10.6. The molecule has 0 fully saturated rings. The van der Waals surface area contributed by atoms with E-state index < -0.39 is 0 Å². The second kappa shape index (κ2) is 6.70. The van der Waals surface area contributed by atoms with Gasteiger partial charge in [0.2, 0.25) is 0 Å². The highest BCUT2D eigenvalue weighted by atomic mass is 32.1. The second-order valence-electron chi connectivity index (χ2n) is 5.26. The van der Waals surface area contributed by atoms with Gasteiger partial charge < -0.3 is 10.1 Å². The molecule has 0 aliphatic heterocycles. The third kappa shape index (κ3) is 3.34. The minimum absolute atomic E-state index is 0.246. The fourth-order valence-corrected chi connectivity index (χ4v) is 3.13. The predicted molar refractivity (Wildman–Crippen MR) is 98.3 cm³/mol. The van der Waals surface area contributed by atoms with Gasteiger partial charge in [0, 0.05) is 5.56 Å². The van der Waals surface area contributed by atoms with E-state index in [1.54, 1.807) is 18.2 Å². The lowest BCUT2D eigenvalue weighted by Gasteiger charge is -2.08. The van der Waals surface area contributed by atoms with E-state index in [-0.39, 0.29) is 5.91 Å². The molecule has 2 aromatic heterocycles. The molecule has 0 unspecified atom stereocenters. The summed E-state index contributed by atoms with van der Waals surface area (Å²) in [6, 6.07) is 18.4. The summed E-state index contributed by atoms with van der Waals surface area (Å²) >= 11 is 1.51. The Hall–Kier alpha value is -3.25. The maximum atomic E-state index is 12.6. The molecule has 2 heterocycles. The second-order valence-corrected chi connectivity index (χ2v) is 6.15. The molecule has 1 amide bonds. The van der Waals surface area contributed by atoms with Crippen molar-refractivity contribution >= 4 is 33.3 Å². The third-order valence-electron chi connectivity index (χ3n) is 3.57. The molecule has 2 aromatic carbocycles. The maximum absolute atomic E-state index is 12.6. The molecule has 25 heavy (non-hydrogen) atoms. The Balaban J connectivity index is 1.56. The van der Waals surface area contributed by atoms with Gasteiger partial charge in [0.05, 0.1) is 5.39 Å². The Labute approximate surface area is 147 Å². The average molecular weight is 347 g/mol. The molecule has 4 aromatic rings. The number of benzene rings is 2. The van der Waals surface area contributed by atoms with Crippen molar-refractivity contribution in [1.29, 1.82) is 0 Å². The van der Waals surface area contributed by atoms with Crippen molar-refractivity contribution in [1.82, 2.24) is 9.97 Å². The van der Waals surface area contributed by atoms with Crippen LogP contribution in [0.1, 0.15) is 10.4 Å².